The van der Waals surface area contributed by atoms with Gasteiger partial charge in [-0.25, -0.2) is 0 Å². The summed E-state index contributed by atoms with van der Waals surface area (Å²) in [4.78, 5) is 3.44. The predicted octanol–water partition coefficient (Wildman–Crippen LogP) is 3.53. The Morgan fingerprint density at radius 2 is 2.12 bits per heavy atom. The SMILES string of the molecule is CNC(C)c1[nH]c2c(OC)ccc(C)c2c1Br. The number of fused-ring (bicyclic) bond motifs is 1. The Balaban J connectivity index is 2.76. The number of hydrogen-bond acceptors (Lipinski definition) is 2. The van der Waals surface area contributed by atoms with Crippen LogP contribution in [0.3, 0.4) is 0 Å². The predicted molar refractivity (Wildman–Crippen MR) is 74.8 cm³/mol. The van der Waals surface area contributed by atoms with Gasteiger partial charge < -0.3 is 15.0 Å². The molecule has 0 aliphatic carbocycles. The smallest absolute Gasteiger partial charge is 0.142 e. The van der Waals surface area contributed by atoms with Crippen LogP contribution in [0, 0.1) is 6.92 Å². The summed E-state index contributed by atoms with van der Waals surface area (Å²) in [5.41, 5.74) is 3.44. The molecule has 0 amide bonds. The Labute approximate surface area is 110 Å². The highest BCUT2D eigenvalue weighted by Crippen LogP contribution is 2.37. The molecule has 0 radical (unpaired) electrons. The van der Waals surface area contributed by atoms with Crippen molar-refractivity contribution in [2.75, 3.05) is 14.2 Å². The number of halogens is 1. The molecular weight excluding hydrogens is 280 g/mol. The van der Waals surface area contributed by atoms with Gasteiger partial charge in [0.2, 0.25) is 0 Å². The monoisotopic (exact) mass is 296 g/mol. The van der Waals surface area contributed by atoms with Gasteiger partial charge in [0.05, 0.1) is 12.6 Å². The van der Waals surface area contributed by atoms with E-state index in [4.69, 9.17) is 4.74 Å². The fourth-order valence-corrected chi connectivity index (χ4v) is 2.99. The summed E-state index contributed by atoms with van der Waals surface area (Å²) in [6, 6.07) is 4.34. The van der Waals surface area contributed by atoms with E-state index in [1.807, 2.05) is 13.1 Å². The van der Waals surface area contributed by atoms with Crippen molar-refractivity contribution in [3.05, 3.63) is 27.9 Å². The molecule has 0 saturated carbocycles. The third kappa shape index (κ3) is 1.96. The standard InChI is InChI=1S/C13H17BrN2O/c1-7-5-6-9(17-4)13-10(7)11(14)12(16-13)8(2)15-3/h5-6,8,15-16H,1-4H3. The molecule has 0 saturated heterocycles. The lowest BCUT2D eigenvalue weighted by molar-refractivity contribution is 0.419. The molecule has 4 heteroatoms. The van der Waals surface area contributed by atoms with Crippen LogP contribution in [0.1, 0.15) is 24.2 Å². The largest absolute Gasteiger partial charge is 0.495 e. The maximum Gasteiger partial charge on any atom is 0.142 e. The molecule has 0 fully saturated rings. The van der Waals surface area contributed by atoms with Gasteiger partial charge in [0, 0.05) is 21.6 Å². The van der Waals surface area contributed by atoms with Gasteiger partial charge in [0.25, 0.3) is 0 Å². The van der Waals surface area contributed by atoms with Gasteiger partial charge in [-0.2, -0.15) is 0 Å². The second-order valence-corrected chi connectivity index (χ2v) is 4.99. The van der Waals surface area contributed by atoms with Crippen LogP contribution >= 0.6 is 15.9 Å². The number of methoxy groups -OCH3 is 1. The quantitative estimate of drug-likeness (QED) is 0.909. The Morgan fingerprint density at radius 1 is 1.41 bits per heavy atom. The van der Waals surface area contributed by atoms with Crippen molar-refractivity contribution in [2.45, 2.75) is 19.9 Å². The zero-order chi connectivity index (χ0) is 12.6. The van der Waals surface area contributed by atoms with Gasteiger partial charge in [0.1, 0.15) is 5.75 Å². The second kappa shape index (κ2) is 4.70. The lowest BCUT2D eigenvalue weighted by Gasteiger charge is -2.08. The van der Waals surface area contributed by atoms with E-state index in [1.54, 1.807) is 7.11 Å². The van der Waals surface area contributed by atoms with E-state index < -0.39 is 0 Å². The number of aryl methyl sites for hydroxylation is 1. The molecule has 0 aliphatic rings. The number of H-pyrrole nitrogens is 1. The number of rotatable bonds is 3. The fraction of sp³-hybridized carbons (Fsp3) is 0.385. The minimum atomic E-state index is 0.265. The summed E-state index contributed by atoms with van der Waals surface area (Å²) >= 11 is 3.68. The van der Waals surface area contributed by atoms with Gasteiger partial charge >= 0.3 is 0 Å². The average molecular weight is 297 g/mol. The number of nitrogens with one attached hydrogen (secondary N) is 2. The second-order valence-electron chi connectivity index (χ2n) is 4.20. The fourth-order valence-electron chi connectivity index (χ4n) is 2.03. The molecule has 1 aromatic carbocycles. The molecule has 1 unspecified atom stereocenters. The zero-order valence-corrected chi connectivity index (χ0v) is 12.1. The average Bonchev–Trinajstić information content (AvgIpc) is 2.68. The maximum absolute atomic E-state index is 5.39. The number of benzene rings is 1. The number of hydrogen-bond donors (Lipinski definition) is 2. The first-order valence-corrected chi connectivity index (χ1v) is 6.41. The van der Waals surface area contributed by atoms with Gasteiger partial charge in [-0.3, -0.25) is 0 Å². The minimum Gasteiger partial charge on any atom is -0.495 e. The lowest BCUT2D eigenvalue weighted by atomic mass is 10.1. The van der Waals surface area contributed by atoms with Gasteiger partial charge in [-0.1, -0.05) is 6.07 Å². The van der Waals surface area contributed by atoms with Crippen molar-refractivity contribution in [2.24, 2.45) is 0 Å². The number of ether oxygens (including phenoxy) is 1. The highest BCUT2D eigenvalue weighted by molar-refractivity contribution is 9.10. The van der Waals surface area contributed by atoms with Crippen molar-refractivity contribution in [1.29, 1.82) is 0 Å². The van der Waals surface area contributed by atoms with Crippen LogP contribution in [-0.2, 0) is 0 Å². The zero-order valence-electron chi connectivity index (χ0n) is 10.5. The molecule has 2 rings (SSSR count). The number of aromatic amines is 1. The third-order valence-corrected chi connectivity index (χ3v) is 4.00. The lowest BCUT2D eigenvalue weighted by Crippen LogP contribution is -2.12. The van der Waals surface area contributed by atoms with E-state index in [0.29, 0.717) is 0 Å². The van der Waals surface area contributed by atoms with E-state index in [1.165, 1.54) is 10.9 Å². The first kappa shape index (κ1) is 12.5. The summed E-state index contributed by atoms with van der Waals surface area (Å²) in [6.07, 6.45) is 0. The van der Waals surface area contributed by atoms with Crippen molar-refractivity contribution >= 4 is 26.8 Å². The molecule has 1 aromatic heterocycles. The summed E-state index contributed by atoms with van der Waals surface area (Å²) in [7, 11) is 3.65. The topological polar surface area (TPSA) is 37.0 Å². The van der Waals surface area contributed by atoms with Crippen LogP contribution in [0.4, 0.5) is 0 Å². The van der Waals surface area contributed by atoms with Gasteiger partial charge in [-0.05, 0) is 48.5 Å². The molecule has 2 aromatic rings. The maximum atomic E-state index is 5.39. The minimum absolute atomic E-state index is 0.265. The van der Waals surface area contributed by atoms with Gasteiger partial charge in [-0.15, -0.1) is 0 Å². The first-order valence-electron chi connectivity index (χ1n) is 5.62. The van der Waals surface area contributed by atoms with Crippen molar-refractivity contribution in [1.82, 2.24) is 10.3 Å². The van der Waals surface area contributed by atoms with Crippen LogP contribution in [0.25, 0.3) is 10.9 Å². The Bertz CT molecular complexity index is 548. The first-order chi connectivity index (χ1) is 8.10. The van der Waals surface area contributed by atoms with Crippen LogP contribution in [0.15, 0.2) is 16.6 Å². The van der Waals surface area contributed by atoms with Crippen LogP contribution in [0.5, 0.6) is 5.75 Å². The molecular formula is C13H17BrN2O. The molecule has 17 heavy (non-hydrogen) atoms. The summed E-state index contributed by atoms with van der Waals surface area (Å²) in [5, 5.41) is 4.43. The molecule has 2 N–H and O–H groups in total. The van der Waals surface area contributed by atoms with Crippen LogP contribution < -0.4 is 10.1 Å². The van der Waals surface area contributed by atoms with Crippen LogP contribution in [-0.4, -0.2) is 19.1 Å². The van der Waals surface area contributed by atoms with Crippen LogP contribution in [0.2, 0.25) is 0 Å². The Kier molecular flexibility index (Phi) is 3.45. The van der Waals surface area contributed by atoms with E-state index in [0.717, 1.165) is 21.4 Å². The van der Waals surface area contributed by atoms with Crippen molar-refractivity contribution in [3.8, 4) is 5.75 Å². The van der Waals surface area contributed by atoms with Crippen molar-refractivity contribution in [3.63, 3.8) is 0 Å². The van der Waals surface area contributed by atoms with E-state index in [-0.39, 0.29) is 6.04 Å². The molecule has 0 spiro atoms. The normalized spacial score (nSPS) is 13.0. The summed E-state index contributed by atoms with van der Waals surface area (Å²) in [6.45, 7) is 4.23. The van der Waals surface area contributed by atoms with E-state index in [9.17, 15) is 0 Å². The molecule has 1 heterocycles. The Hall–Kier alpha value is -1.00. The molecule has 3 nitrogen and oxygen atoms in total. The number of aromatic nitrogens is 1. The molecule has 92 valence electrons. The van der Waals surface area contributed by atoms with E-state index >= 15 is 0 Å². The summed E-state index contributed by atoms with van der Waals surface area (Å²) in [5.74, 6) is 0.876. The highest BCUT2D eigenvalue weighted by atomic mass is 79.9. The third-order valence-electron chi connectivity index (χ3n) is 3.18. The van der Waals surface area contributed by atoms with Gasteiger partial charge in [0.15, 0.2) is 0 Å². The van der Waals surface area contributed by atoms with E-state index in [2.05, 4.69) is 46.1 Å². The molecule has 0 aliphatic heterocycles. The highest BCUT2D eigenvalue weighted by Gasteiger charge is 2.17. The summed E-state index contributed by atoms with van der Waals surface area (Å²) < 4.78 is 6.51. The van der Waals surface area contributed by atoms with Crippen molar-refractivity contribution < 1.29 is 4.74 Å². The Morgan fingerprint density at radius 3 is 2.71 bits per heavy atom. The molecule has 1 atom stereocenters. The molecule has 0 bridgehead atoms.